The predicted molar refractivity (Wildman–Crippen MR) is 165 cm³/mol. The third-order valence-corrected chi connectivity index (χ3v) is 9.87. The Kier molecular flexibility index (Phi) is 9.52. The number of carbonyl (C=O) groups is 1. The van der Waals surface area contributed by atoms with Gasteiger partial charge in [-0.15, -0.1) is 0 Å². The first-order chi connectivity index (χ1) is 21.4. The van der Waals surface area contributed by atoms with Crippen LogP contribution in [0.4, 0.5) is 42.2 Å². The van der Waals surface area contributed by atoms with Crippen LogP contribution in [-0.2, 0) is 32.6 Å². The second-order valence-electron chi connectivity index (χ2n) is 12.5. The van der Waals surface area contributed by atoms with Gasteiger partial charge in [-0.1, -0.05) is 6.07 Å². The van der Waals surface area contributed by atoms with Gasteiger partial charge < -0.3 is 9.80 Å². The molecule has 0 saturated carbocycles. The van der Waals surface area contributed by atoms with Gasteiger partial charge in [0.15, 0.2) is 0 Å². The fourth-order valence-electron chi connectivity index (χ4n) is 5.85. The number of anilines is 2. The molecule has 1 aromatic heterocycles. The van der Waals surface area contributed by atoms with E-state index in [0.717, 1.165) is 11.2 Å². The summed E-state index contributed by atoms with van der Waals surface area (Å²) in [7, 11) is -2.15. The van der Waals surface area contributed by atoms with Gasteiger partial charge in [0.2, 0.25) is 15.9 Å². The SMILES string of the molecule is Cc1cc(F)ccc1-c1cc(N2C[C@H](C)N(S(C)(=O)=O)C[C@H]2C)ncc1N(C)C(=O)C(C)(C)c1cc(C(F)(F)F)cc(C(F)(F)F)c1. The summed E-state index contributed by atoms with van der Waals surface area (Å²) in [4.78, 5) is 21.6. The van der Waals surface area contributed by atoms with Crippen LogP contribution in [-0.4, -0.2) is 62.1 Å². The lowest BCUT2D eigenvalue weighted by Gasteiger charge is -2.43. The highest BCUT2D eigenvalue weighted by Crippen LogP contribution is 2.41. The number of carbonyl (C=O) groups excluding carboxylic acids is 1. The third kappa shape index (κ3) is 7.40. The highest BCUT2D eigenvalue weighted by atomic mass is 32.2. The van der Waals surface area contributed by atoms with Gasteiger partial charge in [0.1, 0.15) is 11.6 Å². The average Bonchev–Trinajstić information content (AvgIpc) is 2.95. The van der Waals surface area contributed by atoms with Crippen LogP contribution in [0.3, 0.4) is 0 Å². The minimum Gasteiger partial charge on any atom is -0.351 e. The van der Waals surface area contributed by atoms with Crippen LogP contribution in [0.2, 0.25) is 0 Å². The van der Waals surface area contributed by atoms with Crippen molar-refractivity contribution in [3.8, 4) is 11.1 Å². The minimum atomic E-state index is -5.10. The molecular weight excluding hydrogens is 653 g/mol. The van der Waals surface area contributed by atoms with Crippen LogP contribution in [0.15, 0.2) is 48.7 Å². The van der Waals surface area contributed by atoms with Crippen LogP contribution >= 0.6 is 0 Å². The fraction of sp³-hybridized carbons (Fsp3) is 0.438. The van der Waals surface area contributed by atoms with Gasteiger partial charge in [-0.2, -0.15) is 30.6 Å². The number of hydrogen-bond donors (Lipinski definition) is 0. The molecule has 2 atom stereocenters. The molecule has 0 aliphatic carbocycles. The molecule has 47 heavy (non-hydrogen) atoms. The Hall–Kier alpha value is -3.72. The maximum Gasteiger partial charge on any atom is 0.416 e. The minimum absolute atomic E-state index is 0.00340. The van der Waals surface area contributed by atoms with Gasteiger partial charge in [-0.3, -0.25) is 4.79 Å². The van der Waals surface area contributed by atoms with E-state index >= 15 is 0 Å². The molecule has 4 rings (SSSR count). The molecule has 0 radical (unpaired) electrons. The van der Waals surface area contributed by atoms with Gasteiger partial charge >= 0.3 is 12.4 Å². The summed E-state index contributed by atoms with van der Waals surface area (Å²) < 4.78 is 122. The molecule has 1 aliphatic rings. The molecule has 1 amide bonds. The lowest BCUT2D eigenvalue weighted by atomic mass is 9.81. The van der Waals surface area contributed by atoms with Gasteiger partial charge in [0.25, 0.3) is 0 Å². The molecule has 3 aromatic rings. The monoisotopic (exact) mass is 688 g/mol. The lowest BCUT2D eigenvalue weighted by molar-refractivity contribution is -0.143. The lowest BCUT2D eigenvalue weighted by Crippen LogP contribution is -2.58. The number of rotatable bonds is 6. The largest absolute Gasteiger partial charge is 0.416 e. The zero-order valence-electron chi connectivity index (χ0n) is 26.8. The fourth-order valence-corrected chi connectivity index (χ4v) is 7.06. The Morgan fingerprint density at radius 2 is 1.43 bits per heavy atom. The van der Waals surface area contributed by atoms with E-state index in [-0.39, 0.29) is 30.9 Å². The van der Waals surface area contributed by atoms with Crippen molar-refractivity contribution in [3.05, 3.63) is 76.7 Å². The Morgan fingerprint density at radius 1 is 0.872 bits per heavy atom. The zero-order chi connectivity index (χ0) is 35.4. The number of sulfonamides is 1. The molecule has 1 saturated heterocycles. The molecule has 2 heterocycles. The highest BCUT2D eigenvalue weighted by Gasteiger charge is 2.42. The molecule has 7 nitrogen and oxygen atoms in total. The quantitative estimate of drug-likeness (QED) is 0.260. The van der Waals surface area contributed by atoms with E-state index in [1.54, 1.807) is 19.9 Å². The van der Waals surface area contributed by atoms with E-state index in [0.29, 0.717) is 34.6 Å². The molecule has 0 spiro atoms. The van der Waals surface area contributed by atoms with E-state index in [2.05, 4.69) is 4.98 Å². The third-order valence-electron chi connectivity index (χ3n) is 8.51. The first kappa shape index (κ1) is 36.1. The Balaban J connectivity index is 1.83. The van der Waals surface area contributed by atoms with Crippen LogP contribution in [0.25, 0.3) is 11.1 Å². The van der Waals surface area contributed by atoms with Crippen molar-refractivity contribution in [1.29, 1.82) is 0 Å². The number of pyridine rings is 1. The molecular formula is C32H35F7N4O3S. The van der Waals surface area contributed by atoms with Crippen molar-refractivity contribution < 1.29 is 43.9 Å². The number of nitrogens with zero attached hydrogens (tertiary/aromatic N) is 4. The Bertz CT molecular complexity index is 1760. The standard InChI is InChI=1S/C32H35F7N4O3S/c1-18-10-24(33)8-9-25(18)26-14-28(42-16-20(3)43(17-19(42)2)47(7,45)46)40-15-27(26)41(6)29(44)30(4,5)21-11-22(31(34,35)36)13-23(12-21)32(37,38)39/h8-15,19-20H,16-17H2,1-7H3/t19-,20+/m1/s1. The molecule has 15 heteroatoms. The summed E-state index contributed by atoms with van der Waals surface area (Å²) in [5.41, 5.74) is -3.92. The van der Waals surface area contributed by atoms with Gasteiger partial charge in [-0.05, 0) is 87.7 Å². The van der Waals surface area contributed by atoms with Gasteiger partial charge in [-0.25, -0.2) is 17.8 Å². The van der Waals surface area contributed by atoms with E-state index < -0.39 is 62.2 Å². The molecule has 0 unspecified atom stereocenters. The van der Waals surface area contributed by atoms with E-state index in [1.807, 2.05) is 11.8 Å². The molecule has 2 aromatic carbocycles. The first-order valence-electron chi connectivity index (χ1n) is 14.5. The molecule has 256 valence electrons. The summed E-state index contributed by atoms with van der Waals surface area (Å²) in [5.74, 6) is -0.922. The topological polar surface area (TPSA) is 73.8 Å². The summed E-state index contributed by atoms with van der Waals surface area (Å²) in [6.07, 6.45) is -7.72. The van der Waals surface area contributed by atoms with Crippen molar-refractivity contribution in [2.45, 2.75) is 64.5 Å². The number of aromatic nitrogens is 1. The predicted octanol–water partition coefficient (Wildman–Crippen LogP) is 7.03. The van der Waals surface area contributed by atoms with Crippen LogP contribution in [0.5, 0.6) is 0 Å². The number of aryl methyl sites for hydroxylation is 1. The molecule has 1 aliphatic heterocycles. The van der Waals surface area contributed by atoms with E-state index in [4.69, 9.17) is 0 Å². The molecule has 0 N–H and O–H groups in total. The number of halogens is 7. The van der Waals surface area contributed by atoms with Crippen LogP contribution in [0.1, 0.15) is 49.9 Å². The number of hydrogen-bond acceptors (Lipinski definition) is 5. The highest BCUT2D eigenvalue weighted by molar-refractivity contribution is 7.88. The van der Waals surface area contributed by atoms with Crippen molar-refractivity contribution in [2.75, 3.05) is 36.2 Å². The number of amides is 1. The second-order valence-corrected chi connectivity index (χ2v) is 14.4. The van der Waals surface area contributed by atoms with Crippen molar-refractivity contribution in [1.82, 2.24) is 9.29 Å². The van der Waals surface area contributed by atoms with Crippen LogP contribution < -0.4 is 9.80 Å². The van der Waals surface area contributed by atoms with Crippen molar-refractivity contribution in [2.24, 2.45) is 0 Å². The van der Waals surface area contributed by atoms with Crippen molar-refractivity contribution >= 4 is 27.4 Å². The van der Waals surface area contributed by atoms with E-state index in [1.165, 1.54) is 49.6 Å². The maximum absolute atomic E-state index is 14.1. The number of benzene rings is 2. The second kappa shape index (κ2) is 12.4. The average molecular weight is 689 g/mol. The summed E-state index contributed by atoms with van der Waals surface area (Å²) in [6.45, 7) is 8.15. The number of likely N-dealkylation sites (N-methyl/N-ethyl adjacent to an activating group) is 1. The van der Waals surface area contributed by atoms with Crippen molar-refractivity contribution in [3.63, 3.8) is 0 Å². The van der Waals surface area contributed by atoms with Crippen LogP contribution in [0, 0.1) is 12.7 Å². The maximum atomic E-state index is 14.1. The zero-order valence-corrected chi connectivity index (χ0v) is 27.6. The first-order valence-corrected chi connectivity index (χ1v) is 16.4. The van der Waals surface area contributed by atoms with Gasteiger partial charge in [0.05, 0.1) is 34.7 Å². The smallest absolute Gasteiger partial charge is 0.351 e. The summed E-state index contributed by atoms with van der Waals surface area (Å²) in [5, 5.41) is 0. The summed E-state index contributed by atoms with van der Waals surface area (Å²) >= 11 is 0. The molecule has 1 fully saturated rings. The Labute approximate surface area is 269 Å². The van der Waals surface area contributed by atoms with Gasteiger partial charge in [0, 0.05) is 37.8 Å². The Morgan fingerprint density at radius 3 is 1.94 bits per heavy atom. The molecule has 0 bridgehead atoms. The normalized spacial score (nSPS) is 18.4. The van der Waals surface area contributed by atoms with E-state index in [9.17, 15) is 43.9 Å². The number of piperazine rings is 1. The number of alkyl halides is 6. The summed E-state index contributed by atoms with van der Waals surface area (Å²) in [6, 6.07) is 5.99.